The van der Waals surface area contributed by atoms with E-state index in [4.69, 9.17) is 0 Å². The van der Waals surface area contributed by atoms with Crippen molar-refractivity contribution in [3.63, 3.8) is 0 Å². The highest BCUT2D eigenvalue weighted by Gasteiger charge is 2.59. The van der Waals surface area contributed by atoms with E-state index in [0.717, 1.165) is 17.0 Å². The number of hydrogen-bond donors (Lipinski definition) is 0. The number of carbonyl (C=O) groups excluding carboxylic acids is 4. The Hall–Kier alpha value is -2.55. The number of anilines is 1. The average molecular weight is 394 g/mol. The summed E-state index contributed by atoms with van der Waals surface area (Å²) in [4.78, 5) is 50.2. The summed E-state index contributed by atoms with van der Waals surface area (Å²) in [5.74, 6) is -3.77. The Balaban J connectivity index is 2.07. The molecule has 8 nitrogen and oxygen atoms in total. The van der Waals surface area contributed by atoms with Gasteiger partial charge in [-0.3, -0.25) is 14.4 Å². The Bertz CT molecular complexity index is 806. The minimum atomic E-state index is -1.16. The van der Waals surface area contributed by atoms with Crippen LogP contribution in [0.4, 0.5) is 5.69 Å². The number of halogens is 1. The van der Waals surface area contributed by atoms with Crippen LogP contribution in [0, 0.1) is 5.92 Å². The van der Waals surface area contributed by atoms with Gasteiger partial charge in [0.1, 0.15) is 5.92 Å². The fourth-order valence-corrected chi connectivity index (χ4v) is 3.21. The number of imide groups is 1. The predicted molar refractivity (Wildman–Crippen MR) is 85.9 cm³/mol. The first-order valence-corrected chi connectivity index (χ1v) is 7.76. The Morgan fingerprint density at radius 3 is 2.54 bits per heavy atom. The summed E-state index contributed by atoms with van der Waals surface area (Å²) >= 11 is 3.28. The summed E-state index contributed by atoms with van der Waals surface area (Å²) in [5.41, 5.74) is 0.107. The van der Waals surface area contributed by atoms with Gasteiger partial charge >= 0.3 is 5.97 Å². The summed E-state index contributed by atoms with van der Waals surface area (Å²) < 4.78 is 5.30. The second-order valence-electron chi connectivity index (χ2n) is 5.25. The maximum atomic E-state index is 12.8. The Morgan fingerprint density at radius 1 is 1.25 bits per heavy atom. The van der Waals surface area contributed by atoms with Crippen LogP contribution in [0.1, 0.15) is 6.92 Å². The van der Waals surface area contributed by atoms with Crippen LogP contribution in [0.5, 0.6) is 0 Å². The van der Waals surface area contributed by atoms with Gasteiger partial charge in [-0.15, -0.1) is 0 Å². The van der Waals surface area contributed by atoms with Crippen LogP contribution in [0.15, 0.2) is 33.8 Å². The standard InChI is InChI=1S/C15H12BrN3O5/c1-7(20)19-12-10(11(17-19)15(23)24-2)13(21)18(14(12)22)9-5-3-4-8(16)6-9/h3-6,10,12H,1-2H3/t10-,12+/m1/s1. The lowest BCUT2D eigenvalue weighted by atomic mass is 9.98. The summed E-state index contributed by atoms with van der Waals surface area (Å²) in [6, 6.07) is 5.45. The van der Waals surface area contributed by atoms with Gasteiger partial charge in [0, 0.05) is 11.4 Å². The number of carbonyl (C=O) groups is 4. The van der Waals surface area contributed by atoms with E-state index >= 15 is 0 Å². The fraction of sp³-hybridized carbons (Fsp3) is 0.267. The van der Waals surface area contributed by atoms with Crippen LogP contribution in [-0.4, -0.2) is 47.6 Å². The largest absolute Gasteiger partial charge is 0.464 e. The molecule has 0 aliphatic carbocycles. The lowest BCUT2D eigenvalue weighted by molar-refractivity contribution is -0.136. The molecule has 9 heteroatoms. The molecule has 1 saturated heterocycles. The smallest absolute Gasteiger partial charge is 0.355 e. The first kappa shape index (κ1) is 16.3. The molecule has 2 heterocycles. The maximum Gasteiger partial charge on any atom is 0.355 e. The van der Waals surface area contributed by atoms with E-state index in [1.54, 1.807) is 24.3 Å². The van der Waals surface area contributed by atoms with Crippen molar-refractivity contribution in [2.75, 3.05) is 12.0 Å². The second-order valence-corrected chi connectivity index (χ2v) is 6.17. The Kier molecular flexibility index (Phi) is 3.96. The predicted octanol–water partition coefficient (Wildman–Crippen LogP) is 0.698. The van der Waals surface area contributed by atoms with Crippen molar-refractivity contribution in [3.8, 4) is 0 Å². The SMILES string of the molecule is COC(=O)C1=NN(C(C)=O)[C@@H]2C(=O)N(c3cccc(Br)c3)C(=O)[C@H]12. The van der Waals surface area contributed by atoms with Crippen LogP contribution in [0.3, 0.4) is 0 Å². The molecule has 24 heavy (non-hydrogen) atoms. The van der Waals surface area contributed by atoms with Crippen molar-refractivity contribution in [1.82, 2.24) is 5.01 Å². The normalized spacial score (nSPS) is 22.5. The van der Waals surface area contributed by atoms with Gasteiger partial charge in [0.15, 0.2) is 11.8 Å². The van der Waals surface area contributed by atoms with E-state index in [1.807, 2.05) is 0 Å². The molecule has 1 aromatic carbocycles. The molecule has 2 aliphatic heterocycles. The van der Waals surface area contributed by atoms with Crippen molar-refractivity contribution >= 4 is 51.0 Å². The number of hydrogen-bond acceptors (Lipinski definition) is 6. The summed E-state index contributed by atoms with van der Waals surface area (Å²) in [6.07, 6.45) is 0. The minimum absolute atomic E-state index is 0.242. The highest BCUT2D eigenvalue weighted by molar-refractivity contribution is 9.10. The zero-order valence-corrected chi connectivity index (χ0v) is 14.3. The number of hydrazone groups is 1. The molecule has 0 N–H and O–H groups in total. The van der Waals surface area contributed by atoms with Crippen molar-refractivity contribution in [3.05, 3.63) is 28.7 Å². The van der Waals surface area contributed by atoms with Crippen molar-refractivity contribution in [2.24, 2.45) is 11.0 Å². The van der Waals surface area contributed by atoms with E-state index in [9.17, 15) is 19.2 Å². The number of ether oxygens (including phenoxy) is 1. The van der Waals surface area contributed by atoms with E-state index < -0.39 is 35.7 Å². The van der Waals surface area contributed by atoms with Crippen LogP contribution >= 0.6 is 15.9 Å². The minimum Gasteiger partial charge on any atom is -0.464 e. The fourth-order valence-electron chi connectivity index (χ4n) is 2.82. The van der Waals surface area contributed by atoms with Crippen LogP contribution < -0.4 is 4.90 Å². The molecule has 2 atom stereocenters. The van der Waals surface area contributed by atoms with Crippen molar-refractivity contribution in [2.45, 2.75) is 13.0 Å². The Labute approximate surface area is 145 Å². The van der Waals surface area contributed by atoms with Gasteiger partial charge in [0.2, 0.25) is 11.8 Å². The van der Waals surface area contributed by atoms with Gasteiger partial charge in [-0.1, -0.05) is 22.0 Å². The van der Waals surface area contributed by atoms with Crippen LogP contribution in [0.25, 0.3) is 0 Å². The van der Waals surface area contributed by atoms with E-state index in [0.29, 0.717) is 10.2 Å². The third kappa shape index (κ3) is 2.32. The molecule has 0 unspecified atom stereocenters. The van der Waals surface area contributed by atoms with Gasteiger partial charge in [-0.2, -0.15) is 5.10 Å². The molecule has 0 bridgehead atoms. The van der Waals surface area contributed by atoms with Gasteiger partial charge < -0.3 is 4.74 Å². The molecule has 3 rings (SSSR count). The first-order chi connectivity index (χ1) is 11.4. The average Bonchev–Trinajstić information content (AvgIpc) is 3.05. The molecule has 1 aromatic rings. The van der Waals surface area contributed by atoms with E-state index in [-0.39, 0.29) is 5.71 Å². The zero-order valence-electron chi connectivity index (χ0n) is 12.7. The first-order valence-electron chi connectivity index (χ1n) is 6.96. The molecular formula is C15H12BrN3O5. The van der Waals surface area contributed by atoms with Gasteiger partial charge in [0.25, 0.3) is 5.91 Å². The number of methoxy groups -OCH3 is 1. The number of rotatable bonds is 2. The molecular weight excluding hydrogens is 382 g/mol. The van der Waals surface area contributed by atoms with Crippen molar-refractivity contribution in [1.29, 1.82) is 0 Å². The topological polar surface area (TPSA) is 96.3 Å². The molecule has 124 valence electrons. The molecule has 0 saturated carbocycles. The molecule has 0 aromatic heterocycles. The van der Waals surface area contributed by atoms with Crippen LogP contribution in [-0.2, 0) is 23.9 Å². The monoisotopic (exact) mass is 393 g/mol. The van der Waals surface area contributed by atoms with Crippen molar-refractivity contribution < 1.29 is 23.9 Å². The number of fused-ring (bicyclic) bond motifs is 1. The highest BCUT2D eigenvalue weighted by Crippen LogP contribution is 2.36. The highest BCUT2D eigenvalue weighted by atomic mass is 79.9. The number of benzene rings is 1. The third-order valence-electron chi connectivity index (χ3n) is 3.83. The van der Waals surface area contributed by atoms with Gasteiger partial charge in [-0.05, 0) is 18.2 Å². The summed E-state index contributed by atoms with van der Waals surface area (Å²) in [6.45, 7) is 1.21. The molecule has 1 fully saturated rings. The van der Waals surface area contributed by atoms with E-state index in [1.165, 1.54) is 6.92 Å². The number of nitrogens with zero attached hydrogens (tertiary/aromatic N) is 3. The third-order valence-corrected chi connectivity index (χ3v) is 4.33. The Morgan fingerprint density at radius 2 is 1.96 bits per heavy atom. The van der Waals surface area contributed by atoms with E-state index in [2.05, 4.69) is 25.8 Å². The summed E-state index contributed by atoms with van der Waals surface area (Å²) in [5, 5.41) is 4.71. The summed E-state index contributed by atoms with van der Waals surface area (Å²) in [7, 11) is 1.14. The molecule has 3 amide bonds. The molecule has 0 spiro atoms. The van der Waals surface area contributed by atoms with Crippen LogP contribution in [0.2, 0.25) is 0 Å². The lowest BCUT2D eigenvalue weighted by Crippen LogP contribution is -2.41. The lowest BCUT2D eigenvalue weighted by Gasteiger charge is -2.19. The quantitative estimate of drug-likeness (QED) is 0.544. The molecule has 0 radical (unpaired) electrons. The molecule has 2 aliphatic rings. The van der Waals surface area contributed by atoms with Gasteiger partial charge in [-0.25, -0.2) is 14.7 Å². The zero-order chi connectivity index (χ0) is 17.6. The van der Waals surface area contributed by atoms with Gasteiger partial charge in [0.05, 0.1) is 12.8 Å². The maximum absolute atomic E-state index is 12.8. The number of esters is 1. The number of amides is 3. The second kappa shape index (κ2) is 5.82.